The van der Waals surface area contributed by atoms with Crippen molar-refractivity contribution in [3.63, 3.8) is 0 Å². The molecular weight excluding hydrogens is 583 g/mol. The molecule has 9 rings (SSSR count). The Hall–Kier alpha value is -6.38. The van der Waals surface area contributed by atoms with Crippen molar-refractivity contribution in [2.45, 2.75) is 0 Å². The van der Waals surface area contributed by atoms with E-state index in [-0.39, 0.29) is 29.7 Å². The molecule has 2 nitrogen and oxygen atoms in total. The van der Waals surface area contributed by atoms with Gasteiger partial charge in [-0.3, -0.25) is 0 Å². The van der Waals surface area contributed by atoms with Crippen molar-refractivity contribution < 1.29 is 11.3 Å². The minimum atomic E-state index is -0.411. The second kappa shape index (κ2) is 11.8. The zero-order valence-corrected chi connectivity index (χ0v) is 25.9. The maximum Gasteiger partial charge on any atom is 0.143 e. The van der Waals surface area contributed by atoms with Crippen molar-refractivity contribution in [2.75, 3.05) is 4.90 Å². The van der Waals surface area contributed by atoms with Gasteiger partial charge in [-0.15, -0.1) is 0 Å². The predicted molar refractivity (Wildman–Crippen MR) is 202 cm³/mol. The van der Waals surface area contributed by atoms with E-state index < -0.39 is 6.04 Å². The van der Waals surface area contributed by atoms with Crippen LogP contribution in [0.25, 0.3) is 66.1 Å². The van der Waals surface area contributed by atoms with Crippen LogP contribution >= 0.6 is 0 Å². The van der Waals surface area contributed by atoms with Crippen molar-refractivity contribution in [3.8, 4) is 33.4 Å². The number of para-hydroxylation sites is 1. The summed E-state index contributed by atoms with van der Waals surface area (Å²) >= 11 is 0. The van der Waals surface area contributed by atoms with E-state index in [9.17, 15) is 0 Å². The van der Waals surface area contributed by atoms with E-state index in [2.05, 4.69) is 120 Å². The Balaban J connectivity index is 1.16. The molecule has 0 spiro atoms. The highest BCUT2D eigenvalue weighted by Crippen LogP contribution is 2.42. The Morgan fingerprint density at radius 1 is 0.396 bits per heavy atom. The van der Waals surface area contributed by atoms with E-state index in [1.54, 1.807) is 12.1 Å². The summed E-state index contributed by atoms with van der Waals surface area (Å²) in [5.41, 5.74) is 9.56. The van der Waals surface area contributed by atoms with Crippen LogP contribution in [0.1, 0.15) is 6.85 Å². The Labute approximate surface area is 286 Å². The quantitative estimate of drug-likeness (QED) is 0.184. The number of rotatable bonds is 6. The first-order valence-corrected chi connectivity index (χ1v) is 15.9. The van der Waals surface area contributed by atoms with Crippen molar-refractivity contribution in [3.05, 3.63) is 188 Å². The van der Waals surface area contributed by atoms with Crippen LogP contribution in [0, 0.1) is 0 Å². The number of furan rings is 1. The molecule has 2 heteroatoms. The van der Waals surface area contributed by atoms with Gasteiger partial charge in [0.15, 0.2) is 0 Å². The van der Waals surface area contributed by atoms with Gasteiger partial charge in [-0.25, -0.2) is 0 Å². The van der Waals surface area contributed by atoms with Crippen LogP contribution in [0.2, 0.25) is 0 Å². The summed E-state index contributed by atoms with van der Waals surface area (Å²) in [6.45, 7) is 0. The van der Waals surface area contributed by atoms with Gasteiger partial charge in [-0.05, 0) is 93.4 Å². The van der Waals surface area contributed by atoms with Gasteiger partial charge in [-0.1, -0.05) is 133 Å². The number of hydrogen-bond donors (Lipinski definition) is 0. The summed E-state index contributed by atoms with van der Waals surface area (Å²) in [7, 11) is 0. The van der Waals surface area contributed by atoms with Crippen molar-refractivity contribution >= 4 is 49.8 Å². The molecular formula is C46H31NO. The van der Waals surface area contributed by atoms with Gasteiger partial charge < -0.3 is 9.32 Å². The van der Waals surface area contributed by atoms with Gasteiger partial charge in [-0.2, -0.15) is 0 Å². The van der Waals surface area contributed by atoms with Gasteiger partial charge in [0, 0.05) is 33.2 Å². The molecule has 0 fully saturated rings. The molecule has 1 heterocycles. The summed E-state index contributed by atoms with van der Waals surface area (Å²) in [6, 6.07) is 52.3. The van der Waals surface area contributed by atoms with Crippen LogP contribution in [0.3, 0.4) is 0 Å². The molecule has 0 aliphatic rings. The fraction of sp³-hybridized carbons (Fsp3) is 0. The largest absolute Gasteiger partial charge is 0.455 e. The Morgan fingerprint density at radius 2 is 1.02 bits per heavy atom. The van der Waals surface area contributed by atoms with E-state index >= 15 is 0 Å². The molecule has 0 amide bonds. The van der Waals surface area contributed by atoms with E-state index in [4.69, 9.17) is 11.3 Å². The van der Waals surface area contributed by atoms with E-state index in [1.807, 2.05) is 30.3 Å². The molecule has 0 radical (unpaired) electrons. The molecule has 0 aliphatic carbocycles. The maximum absolute atomic E-state index is 8.50. The number of anilines is 3. The lowest BCUT2D eigenvalue weighted by Gasteiger charge is -2.26. The van der Waals surface area contributed by atoms with Gasteiger partial charge in [0.2, 0.25) is 0 Å². The summed E-state index contributed by atoms with van der Waals surface area (Å²) in [6.07, 6.45) is 0. The normalized spacial score (nSPS) is 12.8. The molecule has 0 unspecified atom stereocenters. The third-order valence-electron chi connectivity index (χ3n) is 8.93. The highest BCUT2D eigenvalue weighted by atomic mass is 16.3. The Kier molecular flexibility index (Phi) is 5.64. The summed E-state index contributed by atoms with van der Waals surface area (Å²) in [4.78, 5) is 2.27. The molecule has 0 saturated heterocycles. The molecule has 0 atom stereocenters. The van der Waals surface area contributed by atoms with Crippen molar-refractivity contribution in [1.29, 1.82) is 0 Å². The van der Waals surface area contributed by atoms with Crippen molar-refractivity contribution in [1.82, 2.24) is 0 Å². The average Bonchev–Trinajstić information content (AvgIpc) is 3.58. The minimum Gasteiger partial charge on any atom is -0.455 e. The maximum atomic E-state index is 8.50. The lowest BCUT2D eigenvalue weighted by molar-refractivity contribution is 0.673. The highest BCUT2D eigenvalue weighted by molar-refractivity contribution is 6.19. The predicted octanol–water partition coefficient (Wildman–Crippen LogP) is 13.2. The second-order valence-corrected chi connectivity index (χ2v) is 11.8. The fourth-order valence-electron chi connectivity index (χ4n) is 6.66. The standard InChI is InChI=1S/C46H31NO/c1-4-13-32(14-5-1)35-17-12-20-39(29-35)47(37-18-8-3-9-19-37)38-26-23-34(24-27-38)43-31-44-41-28-25-36(33-15-6-2-7-16-33)30-45(41)48-46(44)42-22-11-10-21-40(42)43/h1-31H/i2D,6D,7D,15D,16D. The molecule has 0 N–H and O–H groups in total. The van der Waals surface area contributed by atoms with Crippen LogP contribution < -0.4 is 4.90 Å². The zero-order chi connectivity index (χ0) is 36.2. The smallest absolute Gasteiger partial charge is 0.143 e. The molecule has 48 heavy (non-hydrogen) atoms. The molecule has 8 aromatic carbocycles. The lowest BCUT2D eigenvalue weighted by atomic mass is 9.95. The van der Waals surface area contributed by atoms with Gasteiger partial charge in [0.25, 0.3) is 0 Å². The topological polar surface area (TPSA) is 16.4 Å². The third-order valence-corrected chi connectivity index (χ3v) is 8.93. The Morgan fingerprint density at radius 3 is 1.81 bits per heavy atom. The molecule has 226 valence electrons. The number of hydrogen-bond acceptors (Lipinski definition) is 2. The van der Waals surface area contributed by atoms with Gasteiger partial charge in [0.1, 0.15) is 11.2 Å². The average molecular weight is 619 g/mol. The molecule has 0 saturated carbocycles. The number of nitrogens with zero attached hydrogens (tertiary/aromatic N) is 1. The van der Waals surface area contributed by atoms with Crippen LogP contribution in [0.4, 0.5) is 17.1 Å². The number of benzene rings is 8. The second-order valence-electron chi connectivity index (χ2n) is 11.8. The Bertz CT molecular complexity index is 2800. The molecule has 9 aromatic rings. The van der Waals surface area contributed by atoms with Gasteiger partial charge >= 0.3 is 0 Å². The number of fused-ring (bicyclic) bond motifs is 5. The van der Waals surface area contributed by atoms with Crippen LogP contribution in [-0.2, 0) is 0 Å². The summed E-state index contributed by atoms with van der Waals surface area (Å²) < 4.78 is 47.8. The van der Waals surface area contributed by atoms with Crippen LogP contribution in [0.5, 0.6) is 0 Å². The first-order valence-electron chi connectivity index (χ1n) is 18.4. The molecule has 0 aliphatic heterocycles. The molecule has 0 bridgehead atoms. The fourth-order valence-corrected chi connectivity index (χ4v) is 6.66. The first-order chi connectivity index (χ1) is 25.9. The van der Waals surface area contributed by atoms with Crippen molar-refractivity contribution in [2.24, 2.45) is 0 Å². The minimum absolute atomic E-state index is 0.153. The van der Waals surface area contributed by atoms with Gasteiger partial charge in [0.05, 0.1) is 6.85 Å². The SMILES string of the molecule is [2H]c1c([2H])c([2H])c(-c2ccc3c(c2)oc2c4ccccc4c(-c4ccc(N(c5ccccc5)c5cccc(-c6ccccc6)c5)cc4)cc32)c([2H])c1[2H]. The zero-order valence-electron chi connectivity index (χ0n) is 30.9. The van der Waals surface area contributed by atoms with E-state index in [1.165, 1.54) is 0 Å². The van der Waals surface area contributed by atoms with Crippen LogP contribution in [0.15, 0.2) is 192 Å². The third kappa shape index (κ3) is 4.92. The van der Waals surface area contributed by atoms with Crippen LogP contribution in [-0.4, -0.2) is 0 Å². The molecule has 1 aromatic heterocycles. The first kappa shape index (κ1) is 23.0. The summed E-state index contributed by atoms with van der Waals surface area (Å²) in [5.74, 6) is 0. The highest BCUT2D eigenvalue weighted by Gasteiger charge is 2.17. The van der Waals surface area contributed by atoms with E-state index in [0.717, 1.165) is 66.4 Å². The van der Waals surface area contributed by atoms with E-state index in [0.29, 0.717) is 11.1 Å². The lowest BCUT2D eigenvalue weighted by Crippen LogP contribution is -2.09. The monoisotopic (exact) mass is 618 g/mol. The summed E-state index contributed by atoms with van der Waals surface area (Å²) in [5, 5.41) is 3.84.